The third kappa shape index (κ3) is 3.49. The van der Waals surface area contributed by atoms with E-state index in [1.807, 2.05) is 42.5 Å². The van der Waals surface area contributed by atoms with E-state index in [0.29, 0.717) is 11.2 Å². The molecule has 0 spiro atoms. The molecule has 0 bridgehead atoms. The third-order valence-electron chi connectivity index (χ3n) is 4.52. The second-order valence-corrected chi connectivity index (χ2v) is 6.50. The van der Waals surface area contributed by atoms with Crippen LogP contribution in [0.1, 0.15) is 35.0 Å². The Morgan fingerprint density at radius 1 is 1.00 bits per heavy atom. The van der Waals surface area contributed by atoms with E-state index in [4.69, 9.17) is 8.83 Å². The summed E-state index contributed by atoms with van der Waals surface area (Å²) in [5, 5.41) is 4.55. The highest BCUT2D eigenvalue weighted by Crippen LogP contribution is 2.21. The van der Waals surface area contributed by atoms with E-state index in [2.05, 4.69) is 12.2 Å². The molecule has 2 aromatic carbocycles. The molecule has 0 aliphatic rings. The van der Waals surface area contributed by atoms with Crippen molar-refractivity contribution in [3.8, 4) is 0 Å². The van der Waals surface area contributed by atoms with Crippen LogP contribution >= 0.6 is 0 Å². The first-order valence-corrected chi connectivity index (χ1v) is 8.96. The fourth-order valence-corrected chi connectivity index (χ4v) is 3.22. The number of hydrogen-bond acceptors (Lipinski definition) is 4. The van der Waals surface area contributed by atoms with Crippen LogP contribution in [0.15, 0.2) is 68.2 Å². The molecule has 0 aliphatic carbocycles. The average molecular weight is 361 g/mol. The highest BCUT2D eigenvalue weighted by atomic mass is 16.4. The van der Waals surface area contributed by atoms with Crippen molar-refractivity contribution in [1.82, 2.24) is 5.32 Å². The van der Waals surface area contributed by atoms with Crippen molar-refractivity contribution in [3.63, 3.8) is 0 Å². The molecule has 2 heterocycles. The number of fused-ring (bicyclic) bond motifs is 2. The lowest BCUT2D eigenvalue weighted by molar-refractivity contribution is 0.0925. The number of furan rings is 1. The first-order chi connectivity index (χ1) is 13.1. The Morgan fingerprint density at radius 3 is 2.67 bits per heavy atom. The number of rotatable bonds is 5. The molecule has 0 saturated heterocycles. The summed E-state index contributed by atoms with van der Waals surface area (Å²) in [6.45, 7) is 2.33. The van der Waals surface area contributed by atoms with Crippen LogP contribution < -0.4 is 10.9 Å². The van der Waals surface area contributed by atoms with E-state index in [1.165, 1.54) is 11.6 Å². The highest BCUT2D eigenvalue weighted by molar-refractivity contribution is 5.96. The number of hydrogen-bond donors (Lipinski definition) is 1. The van der Waals surface area contributed by atoms with E-state index >= 15 is 0 Å². The van der Waals surface area contributed by atoms with Gasteiger partial charge in [0.2, 0.25) is 0 Å². The SMILES string of the molecule is CCCc1ccc2oc(=O)cc(CNC(=O)c3cc4ccccc4o3)c2c1. The molecule has 4 rings (SSSR count). The van der Waals surface area contributed by atoms with E-state index in [9.17, 15) is 9.59 Å². The zero-order chi connectivity index (χ0) is 18.8. The van der Waals surface area contributed by atoms with Crippen LogP contribution in [-0.2, 0) is 13.0 Å². The molecule has 0 saturated carbocycles. The summed E-state index contributed by atoms with van der Waals surface area (Å²) in [6, 6.07) is 16.4. The first kappa shape index (κ1) is 17.1. The van der Waals surface area contributed by atoms with Crippen molar-refractivity contribution < 1.29 is 13.6 Å². The summed E-state index contributed by atoms with van der Waals surface area (Å²) >= 11 is 0. The predicted octanol–water partition coefficient (Wildman–Crippen LogP) is 4.42. The van der Waals surface area contributed by atoms with Gasteiger partial charge in [-0.05, 0) is 41.8 Å². The number of carbonyl (C=O) groups is 1. The van der Waals surface area contributed by atoms with Crippen LogP contribution in [0.5, 0.6) is 0 Å². The van der Waals surface area contributed by atoms with Crippen LogP contribution in [0, 0.1) is 0 Å². The van der Waals surface area contributed by atoms with Crippen molar-refractivity contribution in [1.29, 1.82) is 0 Å². The number of para-hydroxylation sites is 1. The van der Waals surface area contributed by atoms with Crippen LogP contribution in [-0.4, -0.2) is 5.91 Å². The lowest BCUT2D eigenvalue weighted by Gasteiger charge is -2.08. The Kier molecular flexibility index (Phi) is 4.50. The fourth-order valence-electron chi connectivity index (χ4n) is 3.22. The molecular weight excluding hydrogens is 342 g/mol. The van der Waals surface area contributed by atoms with Crippen LogP contribution in [0.2, 0.25) is 0 Å². The molecule has 4 aromatic rings. The number of carbonyl (C=O) groups excluding carboxylic acids is 1. The summed E-state index contributed by atoms with van der Waals surface area (Å²) in [5.41, 5.74) is 2.65. The largest absolute Gasteiger partial charge is 0.451 e. The second-order valence-electron chi connectivity index (χ2n) is 6.50. The lowest BCUT2D eigenvalue weighted by Crippen LogP contribution is -2.23. The Morgan fingerprint density at radius 2 is 1.85 bits per heavy atom. The monoisotopic (exact) mass is 361 g/mol. The van der Waals surface area contributed by atoms with Gasteiger partial charge in [-0.1, -0.05) is 37.6 Å². The van der Waals surface area contributed by atoms with Crippen molar-refractivity contribution in [3.05, 3.63) is 81.9 Å². The van der Waals surface area contributed by atoms with Gasteiger partial charge in [0, 0.05) is 23.4 Å². The summed E-state index contributed by atoms with van der Waals surface area (Å²) in [7, 11) is 0. The third-order valence-corrected chi connectivity index (χ3v) is 4.52. The van der Waals surface area contributed by atoms with Crippen LogP contribution in [0.3, 0.4) is 0 Å². The summed E-state index contributed by atoms with van der Waals surface area (Å²) in [4.78, 5) is 24.3. The standard InChI is InChI=1S/C22H19NO4/c1-2-5-14-8-9-19-17(10-14)16(12-21(24)27-19)13-23-22(25)20-11-15-6-3-4-7-18(15)26-20/h3-4,6-12H,2,5,13H2,1H3,(H,23,25). The minimum Gasteiger partial charge on any atom is -0.451 e. The summed E-state index contributed by atoms with van der Waals surface area (Å²) < 4.78 is 10.9. The molecule has 2 aromatic heterocycles. The van der Waals surface area contributed by atoms with Crippen molar-refractivity contribution in [2.24, 2.45) is 0 Å². The molecule has 1 N–H and O–H groups in total. The van der Waals surface area contributed by atoms with Crippen molar-refractivity contribution >= 4 is 27.8 Å². The fraction of sp³-hybridized carbons (Fsp3) is 0.182. The van der Waals surface area contributed by atoms with Gasteiger partial charge in [0.15, 0.2) is 5.76 Å². The molecule has 136 valence electrons. The predicted molar refractivity (Wildman–Crippen MR) is 104 cm³/mol. The highest BCUT2D eigenvalue weighted by Gasteiger charge is 2.13. The van der Waals surface area contributed by atoms with Gasteiger partial charge in [0.1, 0.15) is 11.2 Å². The Bertz CT molecular complexity index is 1150. The second kappa shape index (κ2) is 7.11. The lowest BCUT2D eigenvalue weighted by atomic mass is 10.0. The molecule has 1 amide bonds. The van der Waals surface area contributed by atoms with Crippen molar-refractivity contribution in [2.45, 2.75) is 26.3 Å². The molecule has 0 aliphatic heterocycles. The van der Waals surface area contributed by atoms with Gasteiger partial charge in [0.05, 0.1) is 0 Å². The average Bonchev–Trinajstić information content (AvgIpc) is 3.10. The summed E-state index contributed by atoms with van der Waals surface area (Å²) in [6.07, 6.45) is 1.97. The molecule has 27 heavy (non-hydrogen) atoms. The molecule has 0 unspecified atom stereocenters. The Labute approximate surface area is 155 Å². The van der Waals surface area contributed by atoms with Gasteiger partial charge in [-0.15, -0.1) is 0 Å². The molecule has 5 nitrogen and oxygen atoms in total. The minimum atomic E-state index is -0.432. The van der Waals surface area contributed by atoms with Gasteiger partial charge in [-0.2, -0.15) is 0 Å². The Balaban J connectivity index is 1.61. The van der Waals surface area contributed by atoms with E-state index in [0.717, 1.165) is 29.2 Å². The molecule has 0 fully saturated rings. The first-order valence-electron chi connectivity index (χ1n) is 8.96. The maximum absolute atomic E-state index is 12.5. The van der Waals surface area contributed by atoms with E-state index in [-0.39, 0.29) is 18.2 Å². The van der Waals surface area contributed by atoms with Crippen LogP contribution in [0.4, 0.5) is 0 Å². The zero-order valence-electron chi connectivity index (χ0n) is 15.0. The van der Waals surface area contributed by atoms with Crippen molar-refractivity contribution in [2.75, 3.05) is 0 Å². The van der Waals surface area contributed by atoms with Gasteiger partial charge in [-0.25, -0.2) is 4.79 Å². The van der Waals surface area contributed by atoms with Gasteiger partial charge >= 0.3 is 5.63 Å². The number of amides is 1. The summed E-state index contributed by atoms with van der Waals surface area (Å²) in [5.74, 6) is -0.0764. The van der Waals surface area contributed by atoms with Crippen LogP contribution in [0.25, 0.3) is 21.9 Å². The van der Waals surface area contributed by atoms with Gasteiger partial charge in [-0.3, -0.25) is 4.79 Å². The quantitative estimate of drug-likeness (QED) is 0.534. The minimum absolute atomic E-state index is 0.216. The number of benzene rings is 2. The maximum atomic E-state index is 12.5. The Hall–Kier alpha value is -3.34. The number of nitrogens with one attached hydrogen (secondary N) is 1. The normalized spacial score (nSPS) is 11.1. The molecule has 0 radical (unpaired) electrons. The molecular formula is C22H19NO4. The molecule has 0 atom stereocenters. The molecule has 5 heteroatoms. The smallest absolute Gasteiger partial charge is 0.336 e. The maximum Gasteiger partial charge on any atom is 0.336 e. The zero-order valence-corrected chi connectivity index (χ0v) is 15.0. The number of aryl methyl sites for hydroxylation is 1. The topological polar surface area (TPSA) is 72.5 Å². The van der Waals surface area contributed by atoms with E-state index < -0.39 is 5.63 Å². The van der Waals surface area contributed by atoms with Gasteiger partial charge < -0.3 is 14.2 Å². The van der Waals surface area contributed by atoms with Gasteiger partial charge in [0.25, 0.3) is 5.91 Å². The van der Waals surface area contributed by atoms with E-state index in [1.54, 1.807) is 6.07 Å².